The van der Waals surface area contributed by atoms with Crippen molar-refractivity contribution in [1.29, 1.82) is 0 Å². The summed E-state index contributed by atoms with van der Waals surface area (Å²) >= 11 is 0. The van der Waals surface area contributed by atoms with Crippen LogP contribution >= 0.6 is 0 Å². The maximum Gasteiger partial charge on any atom is 0.338 e. The molecular formula is C25H34N2O4. The Hall–Kier alpha value is -2.37. The van der Waals surface area contributed by atoms with E-state index in [2.05, 4.69) is 10.6 Å². The first-order chi connectivity index (χ1) is 14.9. The molecule has 4 saturated carbocycles. The minimum atomic E-state index is -0.369. The van der Waals surface area contributed by atoms with E-state index in [4.69, 9.17) is 4.74 Å². The van der Waals surface area contributed by atoms with Crippen LogP contribution in [0.3, 0.4) is 0 Å². The van der Waals surface area contributed by atoms with Crippen LogP contribution in [0.15, 0.2) is 24.3 Å². The van der Waals surface area contributed by atoms with Gasteiger partial charge < -0.3 is 15.4 Å². The van der Waals surface area contributed by atoms with E-state index < -0.39 is 0 Å². The number of urea groups is 1. The standard InChI is InChI=1S/C25H34N2O4/c1-2-31-23(29)21-6-3-5-17(12-21)13-22(28)7-4-8-26-24(30)27-25-14-18-9-19(15-25)11-20(10-18)16-25/h3,5-6,12,18-20H,2,4,7-11,13-16H2,1H3,(H2,26,27,30). The summed E-state index contributed by atoms with van der Waals surface area (Å²) in [5.41, 5.74) is 1.29. The number of Topliss-reactive ketones (excluding diaryl/α,β-unsaturated/α-hetero) is 1. The van der Waals surface area contributed by atoms with Crippen molar-refractivity contribution in [2.45, 2.75) is 70.3 Å². The highest BCUT2D eigenvalue weighted by Gasteiger charge is 2.51. The zero-order chi connectivity index (χ0) is 21.8. The Labute approximate surface area is 184 Å². The third-order valence-electron chi connectivity index (χ3n) is 7.17. The summed E-state index contributed by atoms with van der Waals surface area (Å²) in [5, 5.41) is 6.25. The van der Waals surface area contributed by atoms with Gasteiger partial charge in [0, 0.05) is 24.9 Å². The fraction of sp³-hybridized carbons (Fsp3) is 0.640. The van der Waals surface area contributed by atoms with Gasteiger partial charge >= 0.3 is 12.0 Å². The topological polar surface area (TPSA) is 84.5 Å². The number of ether oxygens (including phenoxy) is 1. The van der Waals surface area contributed by atoms with Crippen LogP contribution in [0.2, 0.25) is 0 Å². The van der Waals surface area contributed by atoms with Gasteiger partial charge in [-0.3, -0.25) is 4.79 Å². The minimum absolute atomic E-state index is 0.0125. The van der Waals surface area contributed by atoms with Gasteiger partial charge in [0.05, 0.1) is 12.2 Å². The Kier molecular flexibility index (Phi) is 6.63. The molecule has 6 heteroatoms. The Morgan fingerprint density at radius 3 is 2.39 bits per heavy atom. The van der Waals surface area contributed by atoms with Gasteiger partial charge in [0.2, 0.25) is 0 Å². The number of hydrogen-bond acceptors (Lipinski definition) is 4. The van der Waals surface area contributed by atoms with E-state index in [9.17, 15) is 14.4 Å². The molecule has 4 bridgehead atoms. The Balaban J connectivity index is 1.16. The highest BCUT2D eigenvalue weighted by Crippen LogP contribution is 2.55. The van der Waals surface area contributed by atoms with Crippen LogP contribution in [0.5, 0.6) is 0 Å². The van der Waals surface area contributed by atoms with Gasteiger partial charge in [-0.2, -0.15) is 0 Å². The lowest BCUT2D eigenvalue weighted by Crippen LogP contribution is -2.61. The van der Waals surface area contributed by atoms with Crippen molar-refractivity contribution >= 4 is 17.8 Å². The van der Waals surface area contributed by atoms with Crippen molar-refractivity contribution in [2.24, 2.45) is 17.8 Å². The van der Waals surface area contributed by atoms with Gasteiger partial charge in [-0.25, -0.2) is 9.59 Å². The molecule has 1 aromatic carbocycles. The summed E-state index contributed by atoms with van der Waals surface area (Å²) in [6, 6.07) is 6.94. The maximum absolute atomic E-state index is 12.5. The molecule has 4 aliphatic rings. The zero-order valence-corrected chi connectivity index (χ0v) is 18.5. The van der Waals surface area contributed by atoms with E-state index in [1.165, 1.54) is 19.3 Å². The highest BCUT2D eigenvalue weighted by molar-refractivity contribution is 5.90. The van der Waals surface area contributed by atoms with E-state index in [-0.39, 0.29) is 29.7 Å². The monoisotopic (exact) mass is 426 g/mol. The van der Waals surface area contributed by atoms with E-state index in [0.29, 0.717) is 31.6 Å². The molecule has 168 valence electrons. The third-order valence-corrected chi connectivity index (χ3v) is 7.17. The number of carbonyl (C=O) groups is 3. The van der Waals surface area contributed by atoms with Crippen molar-refractivity contribution in [3.05, 3.63) is 35.4 Å². The first-order valence-corrected chi connectivity index (χ1v) is 11.8. The number of hydrogen-bond donors (Lipinski definition) is 2. The Bertz CT molecular complexity index is 799. The fourth-order valence-electron chi connectivity index (χ4n) is 6.37. The molecule has 5 rings (SSSR count). The molecule has 6 nitrogen and oxygen atoms in total. The molecule has 0 aliphatic heterocycles. The third kappa shape index (κ3) is 5.46. The van der Waals surface area contributed by atoms with Gasteiger partial charge in [-0.15, -0.1) is 0 Å². The summed E-state index contributed by atoms with van der Waals surface area (Å²) in [4.78, 5) is 36.6. The minimum Gasteiger partial charge on any atom is -0.462 e. The SMILES string of the molecule is CCOC(=O)c1cccc(CC(=O)CCCNC(=O)NC23CC4CC(CC(C4)C2)C3)c1. The first kappa shape index (κ1) is 21.8. The lowest BCUT2D eigenvalue weighted by atomic mass is 9.53. The lowest BCUT2D eigenvalue weighted by molar-refractivity contribution is -0.118. The smallest absolute Gasteiger partial charge is 0.338 e. The Morgan fingerprint density at radius 1 is 1.06 bits per heavy atom. The largest absolute Gasteiger partial charge is 0.462 e. The molecule has 0 radical (unpaired) electrons. The number of amides is 2. The van der Waals surface area contributed by atoms with E-state index in [1.54, 1.807) is 25.1 Å². The van der Waals surface area contributed by atoms with Gasteiger partial charge in [0.15, 0.2) is 0 Å². The second-order valence-electron chi connectivity index (χ2n) is 9.82. The number of ketones is 1. The summed E-state index contributed by atoms with van der Waals surface area (Å²) in [6.07, 6.45) is 8.77. The lowest BCUT2D eigenvalue weighted by Gasteiger charge is -2.56. The number of rotatable bonds is 9. The van der Waals surface area contributed by atoms with Crippen LogP contribution in [-0.4, -0.2) is 36.5 Å². The van der Waals surface area contributed by atoms with E-state index in [1.807, 2.05) is 6.07 Å². The van der Waals surface area contributed by atoms with Crippen molar-refractivity contribution < 1.29 is 19.1 Å². The van der Waals surface area contributed by atoms with E-state index in [0.717, 1.165) is 42.6 Å². The molecule has 2 amide bonds. The van der Waals surface area contributed by atoms with Crippen molar-refractivity contribution in [3.63, 3.8) is 0 Å². The normalized spacial score (nSPS) is 28.2. The highest BCUT2D eigenvalue weighted by atomic mass is 16.5. The first-order valence-electron chi connectivity index (χ1n) is 11.8. The Morgan fingerprint density at radius 2 is 1.74 bits per heavy atom. The van der Waals surface area contributed by atoms with Crippen LogP contribution in [-0.2, 0) is 16.0 Å². The predicted molar refractivity (Wildman–Crippen MR) is 118 cm³/mol. The van der Waals surface area contributed by atoms with Crippen LogP contribution in [0.25, 0.3) is 0 Å². The van der Waals surface area contributed by atoms with Crippen LogP contribution in [0.1, 0.15) is 74.2 Å². The molecule has 0 unspecified atom stereocenters. The van der Waals surface area contributed by atoms with Crippen LogP contribution in [0.4, 0.5) is 4.79 Å². The molecule has 4 aliphatic carbocycles. The van der Waals surface area contributed by atoms with Crippen molar-refractivity contribution in [1.82, 2.24) is 10.6 Å². The summed E-state index contributed by atoms with van der Waals surface area (Å²) in [6.45, 7) is 2.58. The van der Waals surface area contributed by atoms with E-state index >= 15 is 0 Å². The molecule has 0 heterocycles. The van der Waals surface area contributed by atoms with Gasteiger partial charge in [0.1, 0.15) is 5.78 Å². The quantitative estimate of drug-likeness (QED) is 0.461. The molecule has 31 heavy (non-hydrogen) atoms. The molecule has 2 N–H and O–H groups in total. The summed E-state index contributed by atoms with van der Waals surface area (Å²) < 4.78 is 5.01. The molecule has 0 aromatic heterocycles. The second kappa shape index (κ2) is 9.41. The molecule has 0 atom stereocenters. The summed E-state index contributed by atoms with van der Waals surface area (Å²) in [7, 11) is 0. The van der Waals surface area contributed by atoms with Crippen molar-refractivity contribution in [3.8, 4) is 0 Å². The van der Waals surface area contributed by atoms with Gasteiger partial charge in [-0.1, -0.05) is 12.1 Å². The van der Waals surface area contributed by atoms with Crippen molar-refractivity contribution in [2.75, 3.05) is 13.2 Å². The van der Waals surface area contributed by atoms with Gasteiger partial charge in [-0.05, 0) is 87.3 Å². The summed E-state index contributed by atoms with van der Waals surface area (Å²) in [5.74, 6) is 2.12. The number of esters is 1. The second-order valence-corrected chi connectivity index (χ2v) is 9.82. The molecule has 0 saturated heterocycles. The molecule has 0 spiro atoms. The average molecular weight is 427 g/mol. The zero-order valence-electron chi connectivity index (χ0n) is 18.5. The molecule has 4 fully saturated rings. The average Bonchev–Trinajstić information content (AvgIpc) is 2.70. The van der Waals surface area contributed by atoms with Gasteiger partial charge in [0.25, 0.3) is 0 Å². The van der Waals surface area contributed by atoms with Crippen LogP contribution < -0.4 is 10.6 Å². The molecule has 1 aromatic rings. The van der Waals surface area contributed by atoms with Crippen LogP contribution in [0, 0.1) is 17.8 Å². The number of benzene rings is 1. The number of carbonyl (C=O) groups excluding carboxylic acids is 3. The number of nitrogens with one attached hydrogen (secondary N) is 2. The predicted octanol–water partition coefficient (Wildman–Crippen LogP) is 4.02. The molecular weight excluding hydrogens is 392 g/mol. The fourth-order valence-corrected chi connectivity index (χ4v) is 6.37. The maximum atomic E-state index is 12.5.